The summed E-state index contributed by atoms with van der Waals surface area (Å²) in [6, 6.07) is 8.11. The number of carbonyl (C=O) groups is 1. The molecule has 0 aliphatic carbocycles. The molecule has 0 saturated carbocycles. The number of oxazole rings is 1. The molecule has 0 atom stereocenters. The maximum atomic E-state index is 11.2. The molecule has 0 aliphatic rings. The molecular formula is C19H27NO4. The quantitative estimate of drug-likeness (QED) is 0.706. The molecule has 0 bridgehead atoms. The SMILES string of the molecule is CC.CCOC(=O)COCc1nc(-c2ccc(CC)cc2)oc1C. The van der Waals surface area contributed by atoms with Crippen molar-refractivity contribution >= 4 is 5.97 Å². The number of ether oxygens (including phenoxy) is 2. The van der Waals surface area contributed by atoms with E-state index in [0.717, 1.165) is 12.0 Å². The van der Waals surface area contributed by atoms with Gasteiger partial charge in [-0.25, -0.2) is 9.78 Å². The Kier molecular flexibility index (Phi) is 8.79. The summed E-state index contributed by atoms with van der Waals surface area (Å²) in [4.78, 5) is 15.6. The smallest absolute Gasteiger partial charge is 0.332 e. The fourth-order valence-electron chi connectivity index (χ4n) is 2.00. The summed E-state index contributed by atoms with van der Waals surface area (Å²) in [5.74, 6) is 0.882. The number of nitrogens with zero attached hydrogens (tertiary/aromatic N) is 1. The maximum absolute atomic E-state index is 11.2. The highest BCUT2D eigenvalue weighted by Crippen LogP contribution is 2.22. The molecule has 0 radical (unpaired) electrons. The average molecular weight is 333 g/mol. The molecule has 0 unspecified atom stereocenters. The van der Waals surface area contributed by atoms with Gasteiger partial charge in [0.05, 0.1) is 13.2 Å². The Hall–Kier alpha value is -2.14. The lowest BCUT2D eigenvalue weighted by atomic mass is 10.1. The van der Waals surface area contributed by atoms with E-state index in [-0.39, 0.29) is 19.2 Å². The molecule has 0 fully saturated rings. The highest BCUT2D eigenvalue weighted by molar-refractivity contribution is 5.70. The first-order valence-corrected chi connectivity index (χ1v) is 8.43. The molecule has 0 saturated heterocycles. The number of benzene rings is 1. The monoisotopic (exact) mass is 333 g/mol. The molecular weight excluding hydrogens is 306 g/mol. The van der Waals surface area contributed by atoms with Crippen LogP contribution in [0, 0.1) is 6.92 Å². The van der Waals surface area contributed by atoms with E-state index in [2.05, 4.69) is 24.0 Å². The van der Waals surface area contributed by atoms with Crippen LogP contribution in [0.1, 0.15) is 44.7 Å². The summed E-state index contributed by atoms with van der Waals surface area (Å²) in [7, 11) is 0. The van der Waals surface area contributed by atoms with Gasteiger partial charge in [0.1, 0.15) is 18.1 Å². The highest BCUT2D eigenvalue weighted by atomic mass is 16.6. The molecule has 0 aliphatic heterocycles. The van der Waals surface area contributed by atoms with Crippen LogP contribution in [-0.4, -0.2) is 24.2 Å². The standard InChI is InChI=1S/C17H21NO4.C2H6/c1-4-13-6-8-14(9-7-13)17-18-15(12(3)22-17)10-20-11-16(19)21-5-2;1-2/h6-9H,4-5,10-11H2,1-3H3;1-2H3. The van der Waals surface area contributed by atoms with E-state index < -0.39 is 0 Å². The average Bonchev–Trinajstić information content (AvgIpc) is 2.98. The van der Waals surface area contributed by atoms with Crippen molar-refractivity contribution in [2.75, 3.05) is 13.2 Å². The molecule has 1 heterocycles. The topological polar surface area (TPSA) is 61.6 Å². The first kappa shape index (κ1) is 19.9. The molecule has 0 spiro atoms. The van der Waals surface area contributed by atoms with E-state index >= 15 is 0 Å². The van der Waals surface area contributed by atoms with Crippen molar-refractivity contribution in [3.8, 4) is 11.5 Å². The molecule has 5 nitrogen and oxygen atoms in total. The van der Waals surface area contributed by atoms with Crippen LogP contribution in [0.3, 0.4) is 0 Å². The first-order chi connectivity index (χ1) is 11.6. The zero-order valence-corrected chi connectivity index (χ0v) is 15.2. The third-order valence-corrected chi connectivity index (χ3v) is 3.27. The van der Waals surface area contributed by atoms with Crippen LogP contribution in [0.15, 0.2) is 28.7 Å². The van der Waals surface area contributed by atoms with E-state index in [9.17, 15) is 4.79 Å². The van der Waals surface area contributed by atoms with Crippen molar-refractivity contribution in [3.05, 3.63) is 41.3 Å². The van der Waals surface area contributed by atoms with Gasteiger partial charge in [-0.3, -0.25) is 0 Å². The van der Waals surface area contributed by atoms with Crippen molar-refractivity contribution in [2.45, 2.75) is 47.6 Å². The minimum atomic E-state index is -0.376. The van der Waals surface area contributed by atoms with Gasteiger partial charge in [-0.2, -0.15) is 0 Å². The van der Waals surface area contributed by atoms with Crippen LogP contribution >= 0.6 is 0 Å². The Labute approximate surface area is 144 Å². The molecule has 0 N–H and O–H groups in total. The lowest BCUT2D eigenvalue weighted by Gasteiger charge is -2.02. The lowest BCUT2D eigenvalue weighted by Crippen LogP contribution is -2.12. The summed E-state index contributed by atoms with van der Waals surface area (Å²) < 4.78 is 15.8. The van der Waals surface area contributed by atoms with Crippen molar-refractivity contribution < 1.29 is 18.7 Å². The van der Waals surface area contributed by atoms with Crippen LogP contribution in [0.4, 0.5) is 0 Å². The van der Waals surface area contributed by atoms with Gasteiger partial charge in [-0.1, -0.05) is 32.9 Å². The van der Waals surface area contributed by atoms with Gasteiger partial charge < -0.3 is 13.9 Å². The molecule has 2 aromatic rings. The Morgan fingerprint density at radius 3 is 2.42 bits per heavy atom. The van der Waals surface area contributed by atoms with E-state index in [1.165, 1.54) is 5.56 Å². The number of rotatable bonds is 7. The summed E-state index contributed by atoms with van der Waals surface area (Å²) in [6.45, 7) is 10.2. The molecule has 1 aromatic heterocycles. The number of aryl methyl sites for hydroxylation is 2. The second-order valence-electron chi connectivity index (χ2n) is 4.87. The van der Waals surface area contributed by atoms with Gasteiger partial charge in [-0.05, 0) is 38.0 Å². The fraction of sp³-hybridized carbons (Fsp3) is 0.474. The number of esters is 1. The Balaban J connectivity index is 0.00000139. The minimum Gasteiger partial charge on any atom is -0.464 e. The van der Waals surface area contributed by atoms with E-state index in [1.54, 1.807) is 6.92 Å². The Morgan fingerprint density at radius 1 is 1.17 bits per heavy atom. The minimum absolute atomic E-state index is 0.0827. The van der Waals surface area contributed by atoms with Gasteiger partial charge in [0.15, 0.2) is 0 Å². The third-order valence-electron chi connectivity index (χ3n) is 3.27. The number of carbonyl (C=O) groups excluding carboxylic acids is 1. The van der Waals surface area contributed by atoms with Crippen LogP contribution in [-0.2, 0) is 27.3 Å². The number of hydrogen-bond acceptors (Lipinski definition) is 5. The Bertz CT molecular complexity index is 617. The van der Waals surface area contributed by atoms with E-state index in [4.69, 9.17) is 13.9 Å². The van der Waals surface area contributed by atoms with E-state index in [0.29, 0.717) is 24.0 Å². The highest BCUT2D eigenvalue weighted by Gasteiger charge is 2.12. The molecule has 0 amide bonds. The van der Waals surface area contributed by atoms with Crippen molar-refractivity contribution in [2.24, 2.45) is 0 Å². The summed E-state index contributed by atoms with van der Waals surface area (Å²) >= 11 is 0. The molecule has 24 heavy (non-hydrogen) atoms. The summed E-state index contributed by atoms with van der Waals surface area (Å²) in [5.41, 5.74) is 2.89. The predicted molar refractivity (Wildman–Crippen MR) is 93.7 cm³/mol. The molecule has 1 aromatic carbocycles. The molecule has 5 heteroatoms. The summed E-state index contributed by atoms with van der Waals surface area (Å²) in [5, 5.41) is 0. The number of hydrogen-bond donors (Lipinski definition) is 0. The van der Waals surface area contributed by atoms with Crippen LogP contribution in [0.2, 0.25) is 0 Å². The number of aromatic nitrogens is 1. The second kappa shape index (κ2) is 10.6. The zero-order valence-electron chi connectivity index (χ0n) is 15.2. The predicted octanol–water partition coefficient (Wildman–Crippen LogP) is 4.32. The molecule has 2 rings (SSSR count). The van der Waals surface area contributed by atoms with Crippen LogP contribution in [0.25, 0.3) is 11.5 Å². The summed E-state index contributed by atoms with van der Waals surface area (Å²) in [6.07, 6.45) is 0.998. The third kappa shape index (κ3) is 5.81. The second-order valence-corrected chi connectivity index (χ2v) is 4.87. The van der Waals surface area contributed by atoms with Crippen molar-refractivity contribution in [3.63, 3.8) is 0 Å². The van der Waals surface area contributed by atoms with Gasteiger partial charge in [0.25, 0.3) is 0 Å². The first-order valence-electron chi connectivity index (χ1n) is 8.43. The fourth-order valence-corrected chi connectivity index (χ4v) is 2.00. The molecule has 132 valence electrons. The Morgan fingerprint density at radius 2 is 1.83 bits per heavy atom. The van der Waals surface area contributed by atoms with Crippen LogP contribution < -0.4 is 0 Å². The van der Waals surface area contributed by atoms with E-state index in [1.807, 2.05) is 32.9 Å². The lowest BCUT2D eigenvalue weighted by molar-refractivity contribution is -0.148. The largest absolute Gasteiger partial charge is 0.464 e. The maximum Gasteiger partial charge on any atom is 0.332 e. The van der Waals surface area contributed by atoms with Crippen molar-refractivity contribution in [1.82, 2.24) is 4.98 Å². The van der Waals surface area contributed by atoms with Crippen molar-refractivity contribution in [1.29, 1.82) is 0 Å². The van der Waals surface area contributed by atoms with Gasteiger partial charge >= 0.3 is 5.97 Å². The van der Waals surface area contributed by atoms with Crippen LogP contribution in [0.5, 0.6) is 0 Å². The van der Waals surface area contributed by atoms with Gasteiger partial charge in [-0.15, -0.1) is 0 Å². The zero-order chi connectivity index (χ0) is 17.9. The normalized spacial score (nSPS) is 10.0. The van der Waals surface area contributed by atoms with Gasteiger partial charge in [0.2, 0.25) is 5.89 Å². The van der Waals surface area contributed by atoms with Gasteiger partial charge in [0, 0.05) is 5.56 Å².